The van der Waals surface area contributed by atoms with Gasteiger partial charge in [0.15, 0.2) is 0 Å². The first-order valence-corrected chi connectivity index (χ1v) is 5.38. The maximum Gasteiger partial charge on any atom is 0.269 e. The first-order valence-electron chi connectivity index (χ1n) is 5.38. The van der Waals surface area contributed by atoms with Crippen molar-refractivity contribution in [2.45, 2.75) is 13.5 Å². The van der Waals surface area contributed by atoms with E-state index >= 15 is 0 Å². The van der Waals surface area contributed by atoms with Gasteiger partial charge in [-0.2, -0.15) is 0 Å². The Morgan fingerprint density at radius 2 is 2.12 bits per heavy atom. The Morgan fingerprint density at radius 3 is 2.59 bits per heavy atom. The Hall–Kier alpha value is -1.66. The second-order valence-corrected chi connectivity index (χ2v) is 3.53. The molecule has 0 bridgehead atoms. The molecule has 0 aliphatic heterocycles. The molecule has 0 radical (unpaired) electrons. The van der Waals surface area contributed by atoms with E-state index < -0.39 is 4.92 Å². The summed E-state index contributed by atoms with van der Waals surface area (Å²) in [6.45, 7) is 2.74. The Morgan fingerprint density at radius 1 is 1.41 bits per heavy atom. The lowest BCUT2D eigenvalue weighted by atomic mass is 10.1. The van der Waals surface area contributed by atoms with E-state index in [1.54, 1.807) is 6.07 Å². The zero-order valence-electron chi connectivity index (χ0n) is 9.67. The van der Waals surface area contributed by atoms with Gasteiger partial charge in [-0.1, -0.05) is 0 Å². The molecule has 0 unspecified atom stereocenters. The van der Waals surface area contributed by atoms with Gasteiger partial charge in [-0.25, -0.2) is 0 Å². The van der Waals surface area contributed by atoms with Crippen LogP contribution in [0.3, 0.4) is 0 Å². The Bertz CT molecular complexity index is 395. The van der Waals surface area contributed by atoms with E-state index in [0.29, 0.717) is 18.7 Å². The largest absolute Gasteiger partial charge is 0.395 e. The molecule has 0 saturated heterocycles. The van der Waals surface area contributed by atoms with Crippen LogP contribution in [-0.2, 0) is 6.61 Å². The van der Waals surface area contributed by atoms with Crippen LogP contribution in [0.2, 0.25) is 0 Å². The maximum atomic E-state index is 10.6. The van der Waals surface area contributed by atoms with Crippen LogP contribution in [0.5, 0.6) is 0 Å². The van der Waals surface area contributed by atoms with Crippen LogP contribution in [0.4, 0.5) is 11.4 Å². The third kappa shape index (κ3) is 3.15. The van der Waals surface area contributed by atoms with Gasteiger partial charge in [0.1, 0.15) is 0 Å². The molecule has 6 heteroatoms. The molecule has 0 heterocycles. The number of nitro benzene ring substituents is 1. The Kier molecular flexibility index (Phi) is 4.86. The summed E-state index contributed by atoms with van der Waals surface area (Å²) >= 11 is 0. The molecule has 1 rings (SSSR count). The molecular formula is C11H16N2O4. The summed E-state index contributed by atoms with van der Waals surface area (Å²) in [5.41, 5.74) is 1.17. The molecule has 0 aliphatic rings. The van der Waals surface area contributed by atoms with E-state index in [-0.39, 0.29) is 18.9 Å². The van der Waals surface area contributed by atoms with Crippen LogP contribution < -0.4 is 4.90 Å². The van der Waals surface area contributed by atoms with Gasteiger partial charge in [0.25, 0.3) is 5.69 Å². The molecule has 0 fully saturated rings. The van der Waals surface area contributed by atoms with E-state index in [2.05, 4.69) is 0 Å². The number of aliphatic hydroxyl groups excluding tert-OH is 2. The summed E-state index contributed by atoms with van der Waals surface area (Å²) in [4.78, 5) is 12.0. The summed E-state index contributed by atoms with van der Waals surface area (Å²) < 4.78 is 0. The normalized spacial score (nSPS) is 10.3. The lowest BCUT2D eigenvalue weighted by molar-refractivity contribution is -0.384. The first kappa shape index (κ1) is 13.4. The van der Waals surface area contributed by atoms with Gasteiger partial charge in [-0.15, -0.1) is 0 Å². The third-order valence-electron chi connectivity index (χ3n) is 2.54. The quantitative estimate of drug-likeness (QED) is 0.570. The molecule has 94 valence electrons. The number of non-ortho nitro benzene ring substituents is 1. The van der Waals surface area contributed by atoms with Gasteiger partial charge in [0.05, 0.1) is 18.1 Å². The lowest BCUT2D eigenvalue weighted by Crippen LogP contribution is -2.27. The molecule has 0 aromatic heterocycles. The van der Waals surface area contributed by atoms with Crippen molar-refractivity contribution in [2.75, 3.05) is 24.6 Å². The summed E-state index contributed by atoms with van der Waals surface area (Å²) in [7, 11) is 0. The van der Waals surface area contributed by atoms with E-state index in [0.717, 1.165) is 5.69 Å². The van der Waals surface area contributed by atoms with Crippen molar-refractivity contribution >= 4 is 11.4 Å². The molecule has 0 atom stereocenters. The van der Waals surface area contributed by atoms with Crippen LogP contribution in [0.15, 0.2) is 18.2 Å². The summed E-state index contributed by atoms with van der Waals surface area (Å²) in [6, 6.07) is 4.35. The molecule has 1 aromatic rings. The van der Waals surface area contributed by atoms with Crippen molar-refractivity contribution in [3.63, 3.8) is 0 Å². The van der Waals surface area contributed by atoms with E-state index in [4.69, 9.17) is 5.11 Å². The number of rotatable bonds is 6. The number of anilines is 1. The lowest BCUT2D eigenvalue weighted by Gasteiger charge is -2.24. The van der Waals surface area contributed by atoms with Crippen molar-refractivity contribution in [3.8, 4) is 0 Å². The van der Waals surface area contributed by atoms with Crippen molar-refractivity contribution < 1.29 is 15.1 Å². The van der Waals surface area contributed by atoms with Gasteiger partial charge in [0.2, 0.25) is 0 Å². The van der Waals surface area contributed by atoms with Crippen LogP contribution in [0.25, 0.3) is 0 Å². The highest BCUT2D eigenvalue weighted by Crippen LogP contribution is 2.25. The zero-order chi connectivity index (χ0) is 12.8. The Balaban J connectivity index is 3.10. The summed E-state index contributed by atoms with van der Waals surface area (Å²) in [6.07, 6.45) is 0. The van der Waals surface area contributed by atoms with Gasteiger partial charge in [-0.05, 0) is 13.0 Å². The standard InChI is InChI=1S/C11H16N2O4/c1-2-12(5-6-14)11-4-3-10(13(16)17)7-9(11)8-15/h3-4,7,14-15H,2,5-6,8H2,1H3. The molecule has 0 spiro atoms. The van der Waals surface area contributed by atoms with E-state index in [9.17, 15) is 15.2 Å². The molecule has 0 amide bonds. The van der Waals surface area contributed by atoms with E-state index in [1.165, 1.54) is 12.1 Å². The maximum absolute atomic E-state index is 10.6. The van der Waals surface area contributed by atoms with Crippen LogP contribution in [0, 0.1) is 10.1 Å². The highest BCUT2D eigenvalue weighted by molar-refractivity contribution is 5.57. The first-order chi connectivity index (χ1) is 8.13. The number of likely N-dealkylation sites (N-methyl/N-ethyl adjacent to an activating group) is 1. The summed E-state index contributed by atoms with van der Waals surface area (Å²) in [5, 5.41) is 28.8. The number of hydrogen-bond donors (Lipinski definition) is 2. The van der Waals surface area contributed by atoms with Crippen molar-refractivity contribution in [1.82, 2.24) is 0 Å². The zero-order valence-corrected chi connectivity index (χ0v) is 9.67. The van der Waals surface area contributed by atoms with Crippen LogP contribution in [0.1, 0.15) is 12.5 Å². The molecule has 0 saturated carbocycles. The average Bonchev–Trinajstić information content (AvgIpc) is 2.35. The van der Waals surface area contributed by atoms with Crippen molar-refractivity contribution in [3.05, 3.63) is 33.9 Å². The topological polar surface area (TPSA) is 86.8 Å². The molecule has 17 heavy (non-hydrogen) atoms. The monoisotopic (exact) mass is 240 g/mol. The second kappa shape index (κ2) is 6.17. The molecular weight excluding hydrogens is 224 g/mol. The van der Waals surface area contributed by atoms with Gasteiger partial charge >= 0.3 is 0 Å². The van der Waals surface area contributed by atoms with E-state index in [1.807, 2.05) is 11.8 Å². The fourth-order valence-corrected chi connectivity index (χ4v) is 1.69. The summed E-state index contributed by atoms with van der Waals surface area (Å²) in [5.74, 6) is 0. The van der Waals surface area contributed by atoms with Gasteiger partial charge in [0, 0.05) is 36.5 Å². The SMILES string of the molecule is CCN(CCO)c1ccc([N+](=O)[O-])cc1CO. The minimum atomic E-state index is -0.495. The third-order valence-corrected chi connectivity index (χ3v) is 2.54. The molecule has 0 aliphatic carbocycles. The smallest absolute Gasteiger partial charge is 0.269 e. The number of nitrogens with zero attached hydrogens (tertiary/aromatic N) is 2. The fraction of sp³-hybridized carbons (Fsp3) is 0.455. The molecule has 6 nitrogen and oxygen atoms in total. The number of nitro groups is 1. The van der Waals surface area contributed by atoms with Crippen LogP contribution in [-0.4, -0.2) is 34.8 Å². The van der Waals surface area contributed by atoms with Crippen LogP contribution >= 0.6 is 0 Å². The number of hydrogen-bond acceptors (Lipinski definition) is 5. The fourth-order valence-electron chi connectivity index (χ4n) is 1.69. The predicted molar refractivity (Wildman–Crippen MR) is 64.0 cm³/mol. The second-order valence-electron chi connectivity index (χ2n) is 3.53. The predicted octanol–water partition coefficient (Wildman–Crippen LogP) is 0.906. The highest BCUT2D eigenvalue weighted by Gasteiger charge is 2.13. The number of aliphatic hydroxyl groups is 2. The average molecular weight is 240 g/mol. The molecule has 2 N–H and O–H groups in total. The molecule has 1 aromatic carbocycles. The minimum Gasteiger partial charge on any atom is -0.395 e. The van der Waals surface area contributed by atoms with Gasteiger partial charge in [-0.3, -0.25) is 10.1 Å². The highest BCUT2D eigenvalue weighted by atomic mass is 16.6. The van der Waals surface area contributed by atoms with Crippen molar-refractivity contribution in [2.24, 2.45) is 0 Å². The number of benzene rings is 1. The minimum absolute atomic E-state index is 0.00427. The Labute approximate surface area is 99.3 Å². The van der Waals surface area contributed by atoms with Crippen molar-refractivity contribution in [1.29, 1.82) is 0 Å². The van der Waals surface area contributed by atoms with Gasteiger partial charge < -0.3 is 15.1 Å².